The van der Waals surface area contributed by atoms with Gasteiger partial charge in [-0.05, 0) is 24.1 Å². The van der Waals surface area contributed by atoms with Crippen molar-refractivity contribution >= 4 is 11.6 Å². The van der Waals surface area contributed by atoms with Crippen LogP contribution in [0.5, 0.6) is 5.88 Å². The summed E-state index contributed by atoms with van der Waals surface area (Å²) in [6.07, 6.45) is -3.72. The Hall–Kier alpha value is -1.01. The quantitative estimate of drug-likeness (QED) is 0.831. The monoisotopic (exact) mass is 310 g/mol. The molecule has 7 heteroatoms. The Morgan fingerprint density at radius 1 is 1.40 bits per heavy atom. The van der Waals surface area contributed by atoms with Crippen LogP contribution < -0.4 is 10.1 Å². The Morgan fingerprint density at radius 3 is 2.65 bits per heavy atom. The van der Waals surface area contributed by atoms with Crippen molar-refractivity contribution in [3.8, 4) is 5.88 Å². The van der Waals surface area contributed by atoms with Gasteiger partial charge in [0.05, 0.1) is 13.0 Å². The molecule has 0 radical (unpaired) electrons. The molecule has 1 aromatic rings. The highest BCUT2D eigenvalue weighted by Crippen LogP contribution is 2.24. The van der Waals surface area contributed by atoms with Gasteiger partial charge in [-0.3, -0.25) is 0 Å². The largest absolute Gasteiger partial charge is 0.476 e. The minimum Gasteiger partial charge on any atom is -0.476 e. The van der Waals surface area contributed by atoms with E-state index in [2.05, 4.69) is 24.1 Å². The number of aromatic nitrogens is 1. The lowest BCUT2D eigenvalue weighted by molar-refractivity contribution is -0.139. The molecular formula is C13H18ClF3N2O. The molecule has 3 nitrogen and oxygen atoms in total. The number of ether oxygens (including phenoxy) is 1. The van der Waals surface area contributed by atoms with Gasteiger partial charge in [-0.2, -0.15) is 13.2 Å². The number of nitrogens with one attached hydrogen (secondary N) is 1. The Balaban J connectivity index is 2.47. The summed E-state index contributed by atoms with van der Waals surface area (Å²) in [6, 6.07) is 1.64. The zero-order valence-electron chi connectivity index (χ0n) is 11.4. The van der Waals surface area contributed by atoms with Crippen molar-refractivity contribution in [1.29, 1.82) is 0 Å². The lowest BCUT2D eigenvalue weighted by Gasteiger charge is -2.11. The van der Waals surface area contributed by atoms with Gasteiger partial charge in [0.25, 0.3) is 0 Å². The van der Waals surface area contributed by atoms with E-state index in [1.54, 1.807) is 12.3 Å². The predicted molar refractivity (Wildman–Crippen MR) is 72.0 cm³/mol. The maximum absolute atomic E-state index is 12.0. The lowest BCUT2D eigenvalue weighted by atomic mass is 10.2. The minimum atomic E-state index is -4.24. The number of rotatable bonds is 7. The molecule has 0 amide bonds. The number of alkyl halides is 3. The van der Waals surface area contributed by atoms with Gasteiger partial charge < -0.3 is 10.1 Å². The average Bonchev–Trinajstić information content (AvgIpc) is 2.30. The number of pyridine rings is 1. The molecule has 0 unspecified atom stereocenters. The molecule has 1 aromatic heterocycles. The molecule has 0 bridgehead atoms. The molecule has 0 saturated heterocycles. The van der Waals surface area contributed by atoms with E-state index in [9.17, 15) is 13.2 Å². The Labute approximate surface area is 121 Å². The molecule has 1 rings (SSSR count). The van der Waals surface area contributed by atoms with Crippen LogP contribution in [0.4, 0.5) is 13.2 Å². The van der Waals surface area contributed by atoms with Gasteiger partial charge in [0, 0.05) is 12.7 Å². The predicted octanol–water partition coefficient (Wildman–Crippen LogP) is 3.81. The molecule has 0 atom stereocenters. The molecule has 0 aliphatic carbocycles. The fourth-order valence-corrected chi connectivity index (χ4v) is 1.68. The summed E-state index contributed by atoms with van der Waals surface area (Å²) in [6.45, 7) is 5.17. The first-order valence-electron chi connectivity index (χ1n) is 6.32. The smallest absolute Gasteiger partial charge is 0.392 e. The Bertz CT molecular complexity index is 425. The Morgan fingerprint density at radius 2 is 2.10 bits per heavy atom. The fraction of sp³-hybridized carbons (Fsp3) is 0.615. The zero-order valence-corrected chi connectivity index (χ0v) is 12.2. The normalized spacial score (nSPS) is 11.9. The first kappa shape index (κ1) is 17.0. The van der Waals surface area contributed by atoms with Crippen molar-refractivity contribution in [3.05, 3.63) is 22.8 Å². The highest BCUT2D eigenvalue weighted by Gasteiger charge is 2.27. The molecule has 0 fully saturated rings. The summed E-state index contributed by atoms with van der Waals surface area (Å²) >= 11 is 5.92. The van der Waals surface area contributed by atoms with Crippen LogP contribution in [0.2, 0.25) is 5.02 Å². The molecule has 0 spiro atoms. The maximum atomic E-state index is 12.0. The summed E-state index contributed by atoms with van der Waals surface area (Å²) in [5, 5.41) is 3.44. The average molecular weight is 311 g/mol. The molecule has 20 heavy (non-hydrogen) atoms. The van der Waals surface area contributed by atoms with Gasteiger partial charge in [0.1, 0.15) is 5.02 Å². The molecule has 0 aliphatic rings. The molecule has 0 aliphatic heterocycles. The van der Waals surface area contributed by atoms with Gasteiger partial charge in [-0.1, -0.05) is 25.4 Å². The molecule has 1 N–H and O–H groups in total. The van der Waals surface area contributed by atoms with Crippen LogP contribution in [-0.4, -0.2) is 24.3 Å². The third-order valence-corrected chi connectivity index (χ3v) is 2.64. The highest BCUT2D eigenvalue weighted by molar-refractivity contribution is 6.31. The fourth-order valence-electron chi connectivity index (χ4n) is 1.44. The van der Waals surface area contributed by atoms with Crippen LogP contribution in [0.1, 0.15) is 25.8 Å². The summed E-state index contributed by atoms with van der Waals surface area (Å²) in [7, 11) is 0. The Kier molecular flexibility index (Phi) is 6.55. The van der Waals surface area contributed by atoms with Gasteiger partial charge in [-0.25, -0.2) is 4.98 Å². The SMILES string of the molecule is CC(C)CNCc1cnc(OCCC(F)(F)F)c(Cl)c1. The zero-order chi connectivity index (χ0) is 15.2. The van der Waals surface area contributed by atoms with Crippen LogP contribution >= 0.6 is 11.6 Å². The van der Waals surface area contributed by atoms with Gasteiger partial charge >= 0.3 is 6.18 Å². The second-order valence-corrected chi connectivity index (χ2v) is 5.28. The highest BCUT2D eigenvalue weighted by atomic mass is 35.5. The molecular weight excluding hydrogens is 293 g/mol. The van der Waals surface area contributed by atoms with Crippen LogP contribution in [0, 0.1) is 5.92 Å². The van der Waals surface area contributed by atoms with Crippen LogP contribution in [0.15, 0.2) is 12.3 Å². The minimum absolute atomic E-state index is 0.0310. The van der Waals surface area contributed by atoms with E-state index in [1.807, 2.05) is 0 Å². The third kappa shape index (κ3) is 6.96. The number of hydrogen-bond acceptors (Lipinski definition) is 3. The van der Waals surface area contributed by atoms with E-state index >= 15 is 0 Å². The van der Waals surface area contributed by atoms with Gasteiger partial charge in [0.15, 0.2) is 0 Å². The second kappa shape index (κ2) is 7.69. The summed E-state index contributed by atoms with van der Waals surface area (Å²) in [5.41, 5.74) is 0.860. The maximum Gasteiger partial charge on any atom is 0.392 e. The first-order valence-corrected chi connectivity index (χ1v) is 6.70. The van der Waals surface area contributed by atoms with E-state index in [4.69, 9.17) is 16.3 Å². The summed E-state index contributed by atoms with van der Waals surface area (Å²) in [4.78, 5) is 3.93. The molecule has 1 heterocycles. The molecule has 0 saturated carbocycles. The van der Waals surface area contributed by atoms with Crippen molar-refractivity contribution in [2.75, 3.05) is 13.2 Å². The number of hydrogen-bond donors (Lipinski definition) is 1. The van der Waals surface area contributed by atoms with E-state index in [-0.39, 0.29) is 10.9 Å². The standard InChI is InChI=1S/C13H18ClF3N2O/c1-9(2)6-18-7-10-5-11(14)12(19-8-10)20-4-3-13(15,16)17/h5,8-9,18H,3-4,6-7H2,1-2H3. The summed E-state index contributed by atoms with van der Waals surface area (Å²) < 4.78 is 40.9. The van der Waals surface area contributed by atoms with Crippen molar-refractivity contribution in [1.82, 2.24) is 10.3 Å². The van der Waals surface area contributed by atoms with Gasteiger partial charge in [0.2, 0.25) is 5.88 Å². The number of nitrogens with zero attached hydrogens (tertiary/aromatic N) is 1. The number of halogens is 4. The van der Waals surface area contributed by atoms with E-state index in [0.717, 1.165) is 12.1 Å². The van der Waals surface area contributed by atoms with Crippen molar-refractivity contribution in [2.45, 2.75) is 33.0 Å². The van der Waals surface area contributed by atoms with Crippen molar-refractivity contribution in [2.24, 2.45) is 5.92 Å². The molecule has 0 aromatic carbocycles. The molecule has 114 valence electrons. The lowest BCUT2D eigenvalue weighted by Crippen LogP contribution is -2.19. The second-order valence-electron chi connectivity index (χ2n) is 4.87. The van der Waals surface area contributed by atoms with E-state index in [1.165, 1.54) is 0 Å². The van der Waals surface area contributed by atoms with Gasteiger partial charge in [-0.15, -0.1) is 0 Å². The van der Waals surface area contributed by atoms with Crippen LogP contribution in [0.25, 0.3) is 0 Å². The van der Waals surface area contributed by atoms with Crippen LogP contribution in [-0.2, 0) is 6.54 Å². The first-order chi connectivity index (χ1) is 9.28. The van der Waals surface area contributed by atoms with Crippen molar-refractivity contribution < 1.29 is 17.9 Å². The topological polar surface area (TPSA) is 34.2 Å². The van der Waals surface area contributed by atoms with E-state index in [0.29, 0.717) is 12.5 Å². The third-order valence-electron chi connectivity index (χ3n) is 2.37. The van der Waals surface area contributed by atoms with Crippen molar-refractivity contribution in [3.63, 3.8) is 0 Å². The van der Waals surface area contributed by atoms with Crippen LogP contribution in [0.3, 0.4) is 0 Å². The summed E-state index contributed by atoms with van der Waals surface area (Å²) in [5.74, 6) is 0.562. The van der Waals surface area contributed by atoms with E-state index < -0.39 is 19.2 Å².